The van der Waals surface area contributed by atoms with Gasteiger partial charge in [-0.05, 0) is 61.9 Å². The zero-order valence-corrected chi connectivity index (χ0v) is 13.8. The summed E-state index contributed by atoms with van der Waals surface area (Å²) in [4.78, 5) is 20.2. The summed E-state index contributed by atoms with van der Waals surface area (Å²) in [5.74, 6) is 0.477. The van der Waals surface area contributed by atoms with E-state index in [9.17, 15) is 4.79 Å². The van der Waals surface area contributed by atoms with Gasteiger partial charge in [-0.15, -0.1) is 0 Å². The first kappa shape index (κ1) is 16.4. The number of benzene rings is 1. The summed E-state index contributed by atoms with van der Waals surface area (Å²) in [6, 6.07) is 12.0. The molecule has 3 rings (SSSR count). The van der Waals surface area contributed by atoms with Gasteiger partial charge in [0.25, 0.3) is 0 Å². The Morgan fingerprint density at radius 3 is 2.52 bits per heavy atom. The molecule has 0 fully saturated rings. The van der Waals surface area contributed by atoms with E-state index in [4.69, 9.17) is 9.15 Å². The zero-order valence-electron chi connectivity index (χ0n) is 13.8. The molecule has 0 saturated heterocycles. The average Bonchev–Trinajstić information content (AvgIpc) is 3.10. The van der Waals surface area contributed by atoms with Crippen molar-refractivity contribution in [3.63, 3.8) is 0 Å². The van der Waals surface area contributed by atoms with Gasteiger partial charge in [0, 0.05) is 11.4 Å². The lowest BCUT2D eigenvalue weighted by Gasteiger charge is -2.03. The molecule has 7 heteroatoms. The van der Waals surface area contributed by atoms with Crippen molar-refractivity contribution in [3.05, 3.63) is 71.4 Å². The van der Waals surface area contributed by atoms with E-state index in [2.05, 4.69) is 20.5 Å². The highest BCUT2D eigenvalue weighted by Gasteiger charge is 2.10. The lowest BCUT2D eigenvalue weighted by molar-refractivity contribution is 0.0701. The van der Waals surface area contributed by atoms with Crippen LogP contribution in [0.2, 0.25) is 0 Å². The fraction of sp³-hybridized carbons (Fsp3) is 0.111. The summed E-state index contributed by atoms with van der Waals surface area (Å²) in [5, 5.41) is 4.10. The van der Waals surface area contributed by atoms with E-state index >= 15 is 0 Å². The quantitative estimate of drug-likeness (QED) is 0.333. The number of ether oxygens (including phenoxy) is 1. The maximum atomic E-state index is 11.8. The highest BCUT2D eigenvalue weighted by molar-refractivity contribution is 5.88. The van der Waals surface area contributed by atoms with Crippen molar-refractivity contribution in [1.29, 1.82) is 0 Å². The Hall–Kier alpha value is -3.48. The van der Waals surface area contributed by atoms with Gasteiger partial charge in [0.1, 0.15) is 5.75 Å². The third-order valence-corrected chi connectivity index (χ3v) is 3.17. The maximum absolute atomic E-state index is 11.8. The van der Waals surface area contributed by atoms with Gasteiger partial charge in [-0.2, -0.15) is 5.10 Å². The van der Waals surface area contributed by atoms with E-state index < -0.39 is 5.97 Å². The van der Waals surface area contributed by atoms with Crippen molar-refractivity contribution >= 4 is 18.1 Å². The predicted octanol–water partition coefficient (Wildman–Crippen LogP) is 3.35. The summed E-state index contributed by atoms with van der Waals surface area (Å²) >= 11 is 0. The fourth-order valence-electron chi connectivity index (χ4n) is 2.11. The minimum absolute atomic E-state index is 0.156. The fourth-order valence-corrected chi connectivity index (χ4v) is 2.11. The summed E-state index contributed by atoms with van der Waals surface area (Å²) in [6.45, 7) is 3.79. The Bertz CT molecular complexity index is 867. The monoisotopic (exact) mass is 336 g/mol. The molecule has 1 N–H and O–H groups in total. The summed E-state index contributed by atoms with van der Waals surface area (Å²) in [6.07, 6.45) is 3.04. The number of carbonyl (C=O) groups excluding carboxylic acids is 1. The van der Waals surface area contributed by atoms with E-state index in [1.54, 1.807) is 42.6 Å². The van der Waals surface area contributed by atoms with Crippen LogP contribution in [-0.4, -0.2) is 22.2 Å². The molecule has 126 valence electrons. The molecule has 0 atom stereocenters. The van der Waals surface area contributed by atoms with Gasteiger partial charge in [0.15, 0.2) is 0 Å². The molecular formula is C18H16N4O3. The van der Waals surface area contributed by atoms with Crippen LogP contribution in [0.15, 0.2) is 58.2 Å². The van der Waals surface area contributed by atoms with Gasteiger partial charge in [0.2, 0.25) is 11.7 Å². The molecule has 0 amide bonds. The van der Waals surface area contributed by atoms with Crippen LogP contribution in [-0.2, 0) is 0 Å². The van der Waals surface area contributed by atoms with Gasteiger partial charge in [0.05, 0.1) is 12.5 Å². The molecule has 0 aliphatic heterocycles. The lowest BCUT2D eigenvalue weighted by atomic mass is 10.2. The number of esters is 1. The van der Waals surface area contributed by atoms with Crippen molar-refractivity contribution in [1.82, 2.24) is 9.97 Å². The number of rotatable bonds is 5. The number of aryl methyl sites for hydroxylation is 2. The molecule has 0 aliphatic carbocycles. The first-order valence-electron chi connectivity index (χ1n) is 7.57. The highest BCUT2D eigenvalue weighted by Crippen LogP contribution is 2.14. The standard InChI is InChI=1S/C18H16N4O3/c1-12-10-13(2)21-18(20-12)22-19-11-14-5-7-15(8-6-14)25-17(23)16-4-3-9-24-16/h3-11H,1-2H3,(H,20,21,22)/b19-11-. The number of nitrogens with one attached hydrogen (secondary N) is 1. The molecule has 1 aromatic carbocycles. The topological polar surface area (TPSA) is 89.6 Å². The minimum Gasteiger partial charge on any atom is -0.457 e. The Kier molecular flexibility index (Phi) is 4.84. The molecule has 0 radical (unpaired) electrons. The molecule has 0 saturated carbocycles. The largest absolute Gasteiger partial charge is 0.457 e. The maximum Gasteiger partial charge on any atom is 0.379 e. The minimum atomic E-state index is -0.542. The summed E-state index contributed by atoms with van der Waals surface area (Å²) in [5.41, 5.74) is 5.35. The van der Waals surface area contributed by atoms with Crippen molar-refractivity contribution < 1.29 is 13.9 Å². The van der Waals surface area contributed by atoms with Crippen molar-refractivity contribution in [3.8, 4) is 5.75 Å². The van der Waals surface area contributed by atoms with Crippen LogP contribution in [0.4, 0.5) is 5.95 Å². The van der Waals surface area contributed by atoms with Crippen molar-refractivity contribution in [2.24, 2.45) is 5.10 Å². The molecule has 0 aliphatic rings. The van der Waals surface area contributed by atoms with Gasteiger partial charge >= 0.3 is 5.97 Å². The number of furan rings is 1. The molecule has 2 heterocycles. The lowest BCUT2D eigenvalue weighted by Crippen LogP contribution is -2.07. The van der Waals surface area contributed by atoms with Gasteiger partial charge in [-0.25, -0.2) is 20.2 Å². The smallest absolute Gasteiger partial charge is 0.379 e. The molecule has 0 unspecified atom stereocenters. The van der Waals surface area contributed by atoms with E-state index in [0.29, 0.717) is 11.7 Å². The highest BCUT2D eigenvalue weighted by atomic mass is 16.5. The summed E-state index contributed by atoms with van der Waals surface area (Å²) < 4.78 is 10.2. The van der Waals surface area contributed by atoms with Gasteiger partial charge in [-0.3, -0.25) is 0 Å². The third-order valence-electron chi connectivity index (χ3n) is 3.17. The van der Waals surface area contributed by atoms with Crippen LogP contribution in [0.3, 0.4) is 0 Å². The number of hydrazone groups is 1. The Labute approximate surface area is 144 Å². The van der Waals surface area contributed by atoms with Crippen LogP contribution in [0, 0.1) is 13.8 Å². The molecule has 7 nitrogen and oxygen atoms in total. The van der Waals surface area contributed by atoms with Gasteiger partial charge in [-0.1, -0.05) is 0 Å². The van der Waals surface area contributed by atoms with Crippen LogP contribution in [0.1, 0.15) is 27.5 Å². The molecule has 25 heavy (non-hydrogen) atoms. The Morgan fingerprint density at radius 2 is 1.88 bits per heavy atom. The van der Waals surface area contributed by atoms with Crippen molar-refractivity contribution in [2.45, 2.75) is 13.8 Å². The first-order valence-corrected chi connectivity index (χ1v) is 7.57. The SMILES string of the molecule is Cc1cc(C)nc(N/N=C\c2ccc(OC(=O)c3ccco3)cc2)n1. The Balaban J connectivity index is 1.59. The second kappa shape index (κ2) is 7.39. The number of carbonyl (C=O) groups is 1. The van der Waals surface area contributed by atoms with Crippen LogP contribution >= 0.6 is 0 Å². The molecule has 0 bridgehead atoms. The van der Waals surface area contributed by atoms with Crippen LogP contribution in [0.25, 0.3) is 0 Å². The second-order valence-electron chi connectivity index (χ2n) is 5.28. The third kappa shape index (κ3) is 4.51. The first-order chi connectivity index (χ1) is 12.1. The summed E-state index contributed by atoms with van der Waals surface area (Å²) in [7, 11) is 0. The molecule has 3 aromatic rings. The normalized spacial score (nSPS) is 10.8. The van der Waals surface area contributed by atoms with Gasteiger partial charge < -0.3 is 9.15 Å². The van der Waals surface area contributed by atoms with E-state index in [1.807, 2.05) is 19.9 Å². The number of hydrogen-bond acceptors (Lipinski definition) is 7. The number of anilines is 1. The number of aromatic nitrogens is 2. The zero-order chi connectivity index (χ0) is 17.6. The predicted molar refractivity (Wildman–Crippen MR) is 92.8 cm³/mol. The average molecular weight is 336 g/mol. The van der Waals surface area contributed by atoms with E-state index in [1.165, 1.54) is 6.26 Å². The number of hydrogen-bond donors (Lipinski definition) is 1. The molecule has 2 aromatic heterocycles. The Morgan fingerprint density at radius 1 is 1.16 bits per heavy atom. The van der Waals surface area contributed by atoms with E-state index in [0.717, 1.165) is 17.0 Å². The van der Waals surface area contributed by atoms with E-state index in [-0.39, 0.29) is 5.76 Å². The number of nitrogens with zero attached hydrogens (tertiary/aromatic N) is 3. The molecular weight excluding hydrogens is 320 g/mol. The van der Waals surface area contributed by atoms with Crippen LogP contribution in [0.5, 0.6) is 5.75 Å². The molecule has 0 spiro atoms. The van der Waals surface area contributed by atoms with Crippen LogP contribution < -0.4 is 10.2 Å². The van der Waals surface area contributed by atoms with Crippen molar-refractivity contribution in [2.75, 3.05) is 5.43 Å². The second-order valence-corrected chi connectivity index (χ2v) is 5.28.